The van der Waals surface area contributed by atoms with Crippen LogP contribution in [0.15, 0.2) is 157 Å². The van der Waals surface area contributed by atoms with Crippen LogP contribution in [-0.2, 0) is 0 Å². The Kier molecular flexibility index (Phi) is 7.16. The summed E-state index contributed by atoms with van der Waals surface area (Å²) in [4.78, 5) is 4.92. The van der Waals surface area contributed by atoms with Crippen LogP contribution in [0.5, 0.6) is 0 Å². The average molecular weight is 593 g/mol. The molecule has 0 amide bonds. The molecule has 0 aromatic heterocycles. The molecular formula is C44H36N2. The van der Waals surface area contributed by atoms with Crippen molar-refractivity contribution in [2.75, 3.05) is 9.80 Å². The van der Waals surface area contributed by atoms with E-state index in [9.17, 15) is 0 Å². The molecule has 0 saturated heterocycles. The Morgan fingerprint density at radius 3 is 2.20 bits per heavy atom. The molecule has 0 fully saturated rings. The molecule has 0 bridgehead atoms. The fourth-order valence-corrected chi connectivity index (χ4v) is 7.28. The van der Waals surface area contributed by atoms with E-state index in [1.165, 1.54) is 44.4 Å². The molecule has 2 nitrogen and oxygen atoms in total. The number of rotatable bonds is 6. The van der Waals surface area contributed by atoms with Gasteiger partial charge in [0.2, 0.25) is 0 Å². The normalized spacial score (nSPS) is 19.5. The molecule has 3 aliphatic carbocycles. The zero-order valence-electron chi connectivity index (χ0n) is 26.3. The predicted octanol–water partition coefficient (Wildman–Crippen LogP) is 11.2. The quantitative estimate of drug-likeness (QED) is 0.193. The highest BCUT2D eigenvalue weighted by Gasteiger charge is 2.36. The fourth-order valence-electron chi connectivity index (χ4n) is 7.28. The van der Waals surface area contributed by atoms with Gasteiger partial charge in [-0.3, -0.25) is 0 Å². The van der Waals surface area contributed by atoms with E-state index in [2.05, 4.69) is 181 Å². The van der Waals surface area contributed by atoms with E-state index in [0.29, 0.717) is 0 Å². The summed E-state index contributed by atoms with van der Waals surface area (Å²) in [5.74, 6) is 0.379. The number of hydrogen-bond acceptors (Lipinski definition) is 2. The summed E-state index contributed by atoms with van der Waals surface area (Å²) in [5.41, 5.74) is 11.1. The Morgan fingerprint density at radius 1 is 0.717 bits per heavy atom. The van der Waals surface area contributed by atoms with E-state index in [1.807, 2.05) is 6.07 Å². The third-order valence-electron chi connectivity index (χ3n) is 9.54. The van der Waals surface area contributed by atoms with Gasteiger partial charge >= 0.3 is 0 Å². The second-order valence-corrected chi connectivity index (χ2v) is 12.5. The van der Waals surface area contributed by atoms with Gasteiger partial charge in [0.25, 0.3) is 0 Å². The summed E-state index contributed by atoms with van der Waals surface area (Å²) >= 11 is 0. The van der Waals surface area contributed by atoms with Gasteiger partial charge in [-0.25, -0.2) is 0 Å². The smallest absolute Gasteiger partial charge is 0.0930 e. The van der Waals surface area contributed by atoms with Crippen molar-refractivity contribution in [1.82, 2.24) is 0 Å². The van der Waals surface area contributed by atoms with Gasteiger partial charge in [-0.1, -0.05) is 120 Å². The standard InChI is InChI=1S/C44H36N2/c1-31-21-25-35(26-22-31)45(33-13-5-3-6-14-33)43-29-41-38-18-10-12-20-40(38)44(30-42(41)37-17-9-11-19-39(37)43)46(34-15-7-4-8-16-34)36-27-23-32(2)24-28-36/h3-7,9-15,17-27,29-30,36,38,40H,28H2,1-2H3. The van der Waals surface area contributed by atoms with Crippen LogP contribution < -0.4 is 9.80 Å². The lowest BCUT2D eigenvalue weighted by Gasteiger charge is -2.42. The van der Waals surface area contributed by atoms with Crippen molar-refractivity contribution in [3.63, 3.8) is 0 Å². The van der Waals surface area contributed by atoms with Gasteiger partial charge in [0.1, 0.15) is 0 Å². The maximum absolute atomic E-state index is 3.45. The van der Waals surface area contributed by atoms with Crippen LogP contribution in [0.3, 0.4) is 0 Å². The van der Waals surface area contributed by atoms with Gasteiger partial charge in [-0.15, -0.1) is 0 Å². The highest BCUT2D eigenvalue weighted by molar-refractivity contribution is 6.04. The summed E-state index contributed by atoms with van der Waals surface area (Å²) in [6.45, 7) is 4.33. The number of fused-ring (bicyclic) bond motifs is 5. The fraction of sp³-hybridized carbons (Fsp3) is 0.136. The maximum Gasteiger partial charge on any atom is 0.0930 e. The summed E-state index contributed by atoms with van der Waals surface area (Å²) in [7, 11) is 0. The zero-order chi connectivity index (χ0) is 31.0. The highest BCUT2D eigenvalue weighted by Crippen LogP contribution is 2.50. The van der Waals surface area contributed by atoms with E-state index in [4.69, 9.17) is 0 Å². The van der Waals surface area contributed by atoms with Crippen molar-refractivity contribution in [2.24, 2.45) is 5.92 Å². The monoisotopic (exact) mass is 592 g/mol. The molecule has 8 rings (SSSR count). The molecule has 0 radical (unpaired) electrons. The minimum atomic E-state index is 0.185. The zero-order valence-corrected chi connectivity index (χ0v) is 26.3. The Bertz CT molecular complexity index is 2040. The second kappa shape index (κ2) is 11.8. The first-order valence-electron chi connectivity index (χ1n) is 16.2. The minimum Gasteiger partial charge on any atom is -0.330 e. The lowest BCUT2D eigenvalue weighted by atomic mass is 9.73. The molecule has 0 heterocycles. The Balaban J connectivity index is 1.37. The number of para-hydroxylation sites is 1. The Labute approximate surface area is 272 Å². The molecule has 2 heteroatoms. The van der Waals surface area contributed by atoms with Gasteiger partial charge in [-0.2, -0.15) is 0 Å². The first-order valence-corrected chi connectivity index (χ1v) is 16.2. The molecule has 3 aliphatic rings. The Hall–Kier alpha value is -5.52. The number of allylic oxidation sites excluding steroid dienone is 6. The van der Waals surface area contributed by atoms with Crippen LogP contribution in [-0.4, -0.2) is 6.04 Å². The van der Waals surface area contributed by atoms with E-state index < -0.39 is 0 Å². The number of nitrogens with zero attached hydrogens (tertiary/aromatic N) is 2. The Morgan fingerprint density at radius 2 is 1.46 bits per heavy atom. The van der Waals surface area contributed by atoms with Gasteiger partial charge in [0.15, 0.2) is 0 Å². The number of hydrogen-bond donors (Lipinski definition) is 0. The maximum atomic E-state index is 3.45. The van der Waals surface area contributed by atoms with Gasteiger partial charge < -0.3 is 9.80 Å². The molecule has 3 unspecified atom stereocenters. The number of anilines is 4. The predicted molar refractivity (Wildman–Crippen MR) is 194 cm³/mol. The largest absolute Gasteiger partial charge is 0.330 e. The van der Waals surface area contributed by atoms with Crippen molar-refractivity contribution >= 4 is 39.6 Å². The van der Waals surface area contributed by atoms with Crippen LogP contribution >= 0.6 is 0 Å². The molecule has 3 atom stereocenters. The van der Waals surface area contributed by atoms with Crippen molar-refractivity contribution in [2.45, 2.75) is 32.2 Å². The number of aryl methyl sites for hydroxylation is 1. The molecule has 0 saturated carbocycles. The van der Waals surface area contributed by atoms with E-state index in [1.54, 1.807) is 0 Å². The van der Waals surface area contributed by atoms with E-state index in [-0.39, 0.29) is 17.9 Å². The van der Waals surface area contributed by atoms with Crippen LogP contribution in [0.1, 0.15) is 36.0 Å². The topological polar surface area (TPSA) is 6.48 Å². The third-order valence-corrected chi connectivity index (χ3v) is 9.54. The highest BCUT2D eigenvalue weighted by atomic mass is 15.2. The lowest BCUT2D eigenvalue weighted by Crippen LogP contribution is -2.38. The van der Waals surface area contributed by atoms with Gasteiger partial charge in [-0.05, 0) is 91.4 Å². The minimum absolute atomic E-state index is 0.185. The molecule has 5 aromatic rings. The third kappa shape index (κ3) is 4.95. The van der Waals surface area contributed by atoms with Crippen molar-refractivity contribution < 1.29 is 0 Å². The van der Waals surface area contributed by atoms with Crippen LogP contribution in [0.25, 0.3) is 16.8 Å². The van der Waals surface area contributed by atoms with Crippen molar-refractivity contribution in [3.05, 3.63) is 186 Å². The second-order valence-electron chi connectivity index (χ2n) is 12.5. The summed E-state index contributed by atoms with van der Waals surface area (Å²) in [5, 5.41) is 2.50. The van der Waals surface area contributed by atoms with Crippen LogP contribution in [0.2, 0.25) is 0 Å². The van der Waals surface area contributed by atoms with Gasteiger partial charge in [0, 0.05) is 34.3 Å². The van der Waals surface area contributed by atoms with E-state index in [0.717, 1.165) is 23.5 Å². The molecule has 5 aromatic carbocycles. The van der Waals surface area contributed by atoms with Crippen LogP contribution in [0, 0.1) is 25.0 Å². The van der Waals surface area contributed by atoms with Crippen molar-refractivity contribution in [3.8, 4) is 0 Å². The molecular weight excluding hydrogens is 556 g/mol. The molecule has 0 aliphatic heterocycles. The lowest BCUT2D eigenvalue weighted by molar-refractivity contribution is 0.602. The first kappa shape index (κ1) is 28.0. The number of benzene rings is 4. The first-order chi connectivity index (χ1) is 22.7. The molecule has 0 spiro atoms. The summed E-state index contributed by atoms with van der Waals surface area (Å²) in [6.07, 6.45) is 19.6. The average Bonchev–Trinajstić information content (AvgIpc) is 3.11. The van der Waals surface area contributed by atoms with Crippen LogP contribution in [0.4, 0.5) is 22.7 Å². The SMILES string of the molecule is CC1=CCC(N(C2=Cc3c(cc(N(c4ccccc4)c4ccc(C)cc4)c4ccccc34)C3C=CC=CC23)c2c#cccc2)C=C1. The molecule has 0 N–H and O–H groups in total. The van der Waals surface area contributed by atoms with E-state index >= 15 is 0 Å². The van der Waals surface area contributed by atoms with Gasteiger partial charge in [0.05, 0.1) is 17.4 Å². The summed E-state index contributed by atoms with van der Waals surface area (Å²) < 4.78 is 0. The molecule has 46 heavy (non-hydrogen) atoms. The summed E-state index contributed by atoms with van der Waals surface area (Å²) in [6, 6.07) is 44.1. The molecule has 222 valence electrons. The van der Waals surface area contributed by atoms with Crippen molar-refractivity contribution in [1.29, 1.82) is 0 Å².